The third-order valence-corrected chi connectivity index (χ3v) is 4.61. The molecule has 0 aliphatic carbocycles. The number of carbonyl (C=O) groups excluding carboxylic acids is 1. The van der Waals surface area contributed by atoms with Gasteiger partial charge in [-0.1, -0.05) is 23.2 Å². The first kappa shape index (κ1) is 15.9. The minimum Gasteiger partial charge on any atom is -0.331 e. The van der Waals surface area contributed by atoms with E-state index in [-0.39, 0.29) is 24.4 Å². The zero-order valence-electron chi connectivity index (χ0n) is 10.9. The molecular weight excluding hydrogens is 319 g/mol. The molecule has 20 heavy (non-hydrogen) atoms. The number of carbonyl (C=O) groups is 1. The molecule has 2 atom stereocenters. The number of hydrogen-bond acceptors (Lipinski definition) is 2. The van der Waals surface area contributed by atoms with Crippen molar-refractivity contribution in [2.24, 2.45) is 0 Å². The Bertz CT molecular complexity index is 495. The molecule has 6 heteroatoms. The fourth-order valence-corrected chi connectivity index (χ4v) is 3.48. The fourth-order valence-electron chi connectivity index (χ4n) is 3.11. The molecule has 2 fully saturated rings. The zero-order chi connectivity index (χ0) is 13.4. The molecule has 0 spiro atoms. The molecule has 110 valence electrons. The van der Waals surface area contributed by atoms with Gasteiger partial charge in [0.1, 0.15) is 0 Å². The van der Waals surface area contributed by atoms with E-state index >= 15 is 0 Å². The summed E-state index contributed by atoms with van der Waals surface area (Å²) in [6.45, 7) is 1.86. The van der Waals surface area contributed by atoms with Gasteiger partial charge in [0.15, 0.2) is 0 Å². The van der Waals surface area contributed by atoms with Crippen molar-refractivity contribution in [3.63, 3.8) is 0 Å². The van der Waals surface area contributed by atoms with Crippen LogP contribution < -0.4 is 5.32 Å². The predicted octanol–water partition coefficient (Wildman–Crippen LogP) is 3.38. The molecule has 2 heterocycles. The van der Waals surface area contributed by atoms with E-state index in [0.717, 1.165) is 32.4 Å². The van der Waals surface area contributed by atoms with Crippen LogP contribution in [0.4, 0.5) is 0 Å². The lowest BCUT2D eigenvalue weighted by molar-refractivity contribution is 0.0680. The van der Waals surface area contributed by atoms with Crippen molar-refractivity contribution >= 4 is 41.5 Å². The summed E-state index contributed by atoms with van der Waals surface area (Å²) in [5.74, 6) is 0.0173. The third-order valence-electron chi connectivity index (χ3n) is 4.05. The van der Waals surface area contributed by atoms with Crippen LogP contribution in [0.3, 0.4) is 0 Å². The SMILES string of the molecule is Cl.O=C(c1cc(Cl)ccc1Cl)N1C2CCNCC1CC2. The molecule has 2 saturated heterocycles. The smallest absolute Gasteiger partial charge is 0.255 e. The van der Waals surface area contributed by atoms with Gasteiger partial charge in [-0.2, -0.15) is 0 Å². The summed E-state index contributed by atoms with van der Waals surface area (Å²) in [5, 5.41) is 4.41. The van der Waals surface area contributed by atoms with Crippen molar-refractivity contribution in [2.45, 2.75) is 31.3 Å². The third kappa shape index (κ3) is 2.91. The molecule has 2 aliphatic rings. The van der Waals surface area contributed by atoms with Gasteiger partial charge in [0.05, 0.1) is 10.6 Å². The highest BCUT2D eigenvalue weighted by molar-refractivity contribution is 6.35. The van der Waals surface area contributed by atoms with Crippen LogP contribution in [0.1, 0.15) is 29.6 Å². The van der Waals surface area contributed by atoms with Crippen LogP contribution in [-0.2, 0) is 0 Å². The number of hydrogen-bond donors (Lipinski definition) is 1. The monoisotopic (exact) mass is 334 g/mol. The summed E-state index contributed by atoms with van der Waals surface area (Å²) in [7, 11) is 0. The molecule has 0 radical (unpaired) electrons. The van der Waals surface area contributed by atoms with Crippen LogP contribution in [0.25, 0.3) is 0 Å². The summed E-state index contributed by atoms with van der Waals surface area (Å²) in [6, 6.07) is 5.69. The van der Waals surface area contributed by atoms with Gasteiger partial charge in [-0.15, -0.1) is 12.4 Å². The lowest BCUT2D eigenvalue weighted by atomic mass is 10.1. The number of rotatable bonds is 1. The summed E-state index contributed by atoms with van der Waals surface area (Å²) < 4.78 is 0. The Morgan fingerprint density at radius 3 is 2.75 bits per heavy atom. The predicted molar refractivity (Wildman–Crippen MR) is 84.2 cm³/mol. The molecule has 1 aromatic carbocycles. The topological polar surface area (TPSA) is 32.3 Å². The molecule has 1 amide bonds. The van der Waals surface area contributed by atoms with Gasteiger partial charge in [-0.05, 0) is 44.0 Å². The Morgan fingerprint density at radius 1 is 1.20 bits per heavy atom. The van der Waals surface area contributed by atoms with Crippen molar-refractivity contribution in [3.8, 4) is 0 Å². The lowest BCUT2D eigenvalue weighted by Gasteiger charge is -2.28. The summed E-state index contributed by atoms with van der Waals surface area (Å²) in [4.78, 5) is 14.8. The molecule has 2 unspecified atom stereocenters. The van der Waals surface area contributed by atoms with Crippen LogP contribution in [0.2, 0.25) is 10.0 Å². The molecular formula is C14H17Cl3N2O. The van der Waals surface area contributed by atoms with Crippen molar-refractivity contribution in [1.82, 2.24) is 10.2 Å². The van der Waals surface area contributed by atoms with Crippen LogP contribution in [-0.4, -0.2) is 36.0 Å². The maximum absolute atomic E-state index is 12.7. The minimum absolute atomic E-state index is 0. The highest BCUT2D eigenvalue weighted by Crippen LogP contribution is 2.31. The Hall–Kier alpha value is -0.480. The van der Waals surface area contributed by atoms with Crippen LogP contribution >= 0.6 is 35.6 Å². The van der Waals surface area contributed by atoms with Crippen molar-refractivity contribution in [1.29, 1.82) is 0 Å². The van der Waals surface area contributed by atoms with Crippen molar-refractivity contribution in [2.75, 3.05) is 13.1 Å². The molecule has 3 nitrogen and oxygen atoms in total. The second-order valence-electron chi connectivity index (χ2n) is 5.21. The number of fused-ring (bicyclic) bond motifs is 2. The summed E-state index contributed by atoms with van der Waals surface area (Å²) in [5.41, 5.74) is 0.521. The normalized spacial score (nSPS) is 25.0. The molecule has 1 aromatic rings. The molecule has 2 bridgehead atoms. The standard InChI is InChI=1S/C14H16Cl2N2O.ClH/c15-9-1-4-13(16)12(7-9)14(19)18-10-2-3-11(18)8-17-6-5-10;/h1,4,7,10-11,17H,2-3,5-6,8H2;1H. The summed E-state index contributed by atoms with van der Waals surface area (Å²) in [6.07, 6.45) is 3.18. The molecule has 1 N–H and O–H groups in total. The van der Waals surface area contributed by atoms with E-state index in [2.05, 4.69) is 5.32 Å². The van der Waals surface area contributed by atoms with Crippen LogP contribution in [0.15, 0.2) is 18.2 Å². The zero-order valence-corrected chi connectivity index (χ0v) is 13.3. The fraction of sp³-hybridized carbons (Fsp3) is 0.500. The Labute approximate surface area is 135 Å². The number of benzene rings is 1. The van der Waals surface area contributed by atoms with Gasteiger partial charge in [0.25, 0.3) is 5.91 Å². The first-order valence-electron chi connectivity index (χ1n) is 6.65. The number of nitrogens with zero attached hydrogens (tertiary/aromatic N) is 1. The van der Waals surface area contributed by atoms with E-state index in [1.54, 1.807) is 18.2 Å². The Morgan fingerprint density at radius 2 is 1.95 bits per heavy atom. The second-order valence-corrected chi connectivity index (χ2v) is 6.06. The van der Waals surface area contributed by atoms with E-state index in [1.807, 2.05) is 4.90 Å². The highest BCUT2D eigenvalue weighted by atomic mass is 35.5. The Balaban J connectivity index is 0.00000147. The van der Waals surface area contributed by atoms with E-state index in [1.165, 1.54) is 0 Å². The maximum atomic E-state index is 12.7. The van der Waals surface area contributed by atoms with E-state index in [0.29, 0.717) is 21.7 Å². The average Bonchev–Trinajstić information content (AvgIpc) is 2.65. The lowest BCUT2D eigenvalue weighted by Crippen LogP contribution is -2.42. The quantitative estimate of drug-likeness (QED) is 0.853. The molecule has 3 rings (SSSR count). The van der Waals surface area contributed by atoms with Gasteiger partial charge in [-0.25, -0.2) is 0 Å². The van der Waals surface area contributed by atoms with Crippen molar-refractivity contribution < 1.29 is 4.79 Å². The van der Waals surface area contributed by atoms with Crippen molar-refractivity contribution in [3.05, 3.63) is 33.8 Å². The summed E-state index contributed by atoms with van der Waals surface area (Å²) >= 11 is 12.1. The molecule has 0 saturated carbocycles. The van der Waals surface area contributed by atoms with Crippen LogP contribution in [0, 0.1) is 0 Å². The first-order valence-corrected chi connectivity index (χ1v) is 7.41. The average molecular weight is 336 g/mol. The highest BCUT2D eigenvalue weighted by Gasteiger charge is 2.38. The van der Waals surface area contributed by atoms with Gasteiger partial charge < -0.3 is 10.2 Å². The minimum atomic E-state index is 0. The van der Waals surface area contributed by atoms with E-state index in [9.17, 15) is 4.79 Å². The molecule has 0 aromatic heterocycles. The van der Waals surface area contributed by atoms with E-state index < -0.39 is 0 Å². The number of amides is 1. The Kier molecular flexibility index (Phi) is 5.19. The van der Waals surface area contributed by atoms with E-state index in [4.69, 9.17) is 23.2 Å². The van der Waals surface area contributed by atoms with Gasteiger partial charge in [0, 0.05) is 23.7 Å². The molecule has 2 aliphatic heterocycles. The largest absolute Gasteiger partial charge is 0.331 e. The van der Waals surface area contributed by atoms with Gasteiger partial charge in [0.2, 0.25) is 0 Å². The number of halogens is 3. The van der Waals surface area contributed by atoms with Gasteiger partial charge in [-0.3, -0.25) is 4.79 Å². The maximum Gasteiger partial charge on any atom is 0.255 e. The van der Waals surface area contributed by atoms with Crippen LogP contribution in [0.5, 0.6) is 0 Å². The first-order chi connectivity index (χ1) is 9.16. The van der Waals surface area contributed by atoms with Gasteiger partial charge >= 0.3 is 0 Å². The number of nitrogens with one attached hydrogen (secondary N) is 1. The second kappa shape index (κ2) is 6.52.